The van der Waals surface area contributed by atoms with Crippen LogP contribution in [0.25, 0.3) is 0 Å². The number of hydrogen-bond acceptors (Lipinski definition) is 4. The zero-order valence-corrected chi connectivity index (χ0v) is 16.6. The highest BCUT2D eigenvalue weighted by Gasteiger charge is 2.31. The van der Waals surface area contributed by atoms with E-state index in [1.807, 2.05) is 6.07 Å². The maximum Gasteiger partial charge on any atom is 0.279 e. The average Bonchev–Trinajstić information content (AvgIpc) is 2.69. The van der Waals surface area contributed by atoms with Crippen LogP contribution in [0.15, 0.2) is 53.4 Å². The number of carbonyl (C=O) groups is 1. The lowest BCUT2D eigenvalue weighted by Crippen LogP contribution is -3.15. The van der Waals surface area contributed by atoms with Crippen LogP contribution in [0.1, 0.15) is 5.56 Å². The van der Waals surface area contributed by atoms with E-state index in [-0.39, 0.29) is 17.3 Å². The molecule has 0 aromatic heterocycles. The first-order chi connectivity index (χ1) is 13.4. The van der Waals surface area contributed by atoms with Crippen LogP contribution in [0.2, 0.25) is 5.02 Å². The Labute approximate surface area is 169 Å². The molecule has 7 nitrogen and oxygen atoms in total. The molecule has 0 aliphatic carbocycles. The van der Waals surface area contributed by atoms with Crippen molar-refractivity contribution in [2.75, 3.05) is 38.0 Å². The third-order valence-electron chi connectivity index (χ3n) is 4.60. The van der Waals surface area contributed by atoms with Crippen molar-refractivity contribution in [3.63, 3.8) is 0 Å². The van der Waals surface area contributed by atoms with Crippen LogP contribution in [-0.2, 0) is 14.8 Å². The average molecular weight is 420 g/mol. The molecule has 1 amide bonds. The number of anilines is 1. The van der Waals surface area contributed by atoms with Gasteiger partial charge in [0.2, 0.25) is 10.0 Å². The molecule has 9 heteroatoms. The molecule has 0 atom stereocenters. The number of halogens is 1. The third kappa shape index (κ3) is 4.69. The van der Waals surface area contributed by atoms with Gasteiger partial charge in [-0.3, -0.25) is 4.79 Å². The van der Waals surface area contributed by atoms with Crippen molar-refractivity contribution in [1.29, 1.82) is 5.26 Å². The molecule has 1 heterocycles. The Morgan fingerprint density at radius 2 is 1.89 bits per heavy atom. The summed E-state index contributed by atoms with van der Waals surface area (Å²) in [5, 5.41) is 12.2. The Bertz CT molecular complexity index is 1010. The lowest BCUT2D eigenvalue weighted by atomic mass is 10.2. The quantitative estimate of drug-likeness (QED) is 0.747. The molecule has 2 N–H and O–H groups in total. The maximum atomic E-state index is 12.7. The highest BCUT2D eigenvalue weighted by Crippen LogP contribution is 2.19. The van der Waals surface area contributed by atoms with Crippen molar-refractivity contribution in [2.24, 2.45) is 0 Å². The number of carbonyl (C=O) groups excluding carboxylic acids is 1. The maximum absolute atomic E-state index is 12.7. The van der Waals surface area contributed by atoms with Gasteiger partial charge in [-0.25, -0.2) is 8.42 Å². The molecule has 1 aliphatic rings. The molecule has 2 aromatic carbocycles. The van der Waals surface area contributed by atoms with E-state index in [9.17, 15) is 13.2 Å². The summed E-state index contributed by atoms with van der Waals surface area (Å²) in [6.07, 6.45) is 0. The molecule has 1 fully saturated rings. The summed E-state index contributed by atoms with van der Waals surface area (Å²) in [7, 11) is -3.60. The number of quaternary nitrogens is 1. The van der Waals surface area contributed by atoms with Crippen molar-refractivity contribution in [1.82, 2.24) is 4.31 Å². The Hall–Kier alpha value is -2.44. The number of rotatable bonds is 5. The van der Waals surface area contributed by atoms with E-state index >= 15 is 0 Å². The number of nitriles is 1. The number of benzene rings is 2. The fourth-order valence-electron chi connectivity index (χ4n) is 3.11. The van der Waals surface area contributed by atoms with Gasteiger partial charge in [-0.2, -0.15) is 9.57 Å². The second-order valence-electron chi connectivity index (χ2n) is 6.49. The number of piperazine rings is 1. The Balaban J connectivity index is 1.57. The molecule has 0 bridgehead atoms. The summed E-state index contributed by atoms with van der Waals surface area (Å²) >= 11 is 5.91. The van der Waals surface area contributed by atoms with Crippen LogP contribution in [0.3, 0.4) is 0 Å². The van der Waals surface area contributed by atoms with Gasteiger partial charge < -0.3 is 10.2 Å². The summed E-state index contributed by atoms with van der Waals surface area (Å²) < 4.78 is 26.9. The van der Waals surface area contributed by atoms with Crippen molar-refractivity contribution in [2.45, 2.75) is 4.90 Å². The van der Waals surface area contributed by atoms with Crippen molar-refractivity contribution >= 4 is 33.2 Å². The highest BCUT2D eigenvalue weighted by atomic mass is 35.5. The molecule has 146 valence electrons. The Morgan fingerprint density at radius 1 is 1.18 bits per heavy atom. The summed E-state index contributed by atoms with van der Waals surface area (Å²) in [4.78, 5) is 13.5. The predicted molar refractivity (Wildman–Crippen MR) is 106 cm³/mol. The number of sulfonamides is 1. The topological polar surface area (TPSA) is 94.7 Å². The van der Waals surface area contributed by atoms with Gasteiger partial charge in [-0.1, -0.05) is 29.8 Å². The minimum absolute atomic E-state index is 0.175. The van der Waals surface area contributed by atoms with Gasteiger partial charge in [0.1, 0.15) is 6.07 Å². The molecule has 3 rings (SSSR count). The molecule has 28 heavy (non-hydrogen) atoms. The molecular formula is C19H20ClN4O3S+. The zero-order valence-electron chi connectivity index (χ0n) is 15.1. The molecule has 0 spiro atoms. The van der Waals surface area contributed by atoms with E-state index in [1.165, 1.54) is 16.4 Å². The van der Waals surface area contributed by atoms with Gasteiger partial charge in [-0.15, -0.1) is 0 Å². The van der Waals surface area contributed by atoms with Crippen molar-refractivity contribution in [3.05, 3.63) is 59.1 Å². The van der Waals surface area contributed by atoms with Crippen LogP contribution < -0.4 is 10.2 Å². The monoisotopic (exact) mass is 419 g/mol. The number of amides is 1. The highest BCUT2D eigenvalue weighted by molar-refractivity contribution is 7.89. The van der Waals surface area contributed by atoms with Crippen LogP contribution >= 0.6 is 11.6 Å². The minimum Gasteiger partial charge on any atom is -0.325 e. The van der Waals surface area contributed by atoms with Gasteiger partial charge in [-0.05, 0) is 30.3 Å². The fourth-order valence-corrected chi connectivity index (χ4v) is 4.85. The lowest BCUT2D eigenvalue weighted by molar-refractivity contribution is -0.895. The molecule has 1 saturated heterocycles. The Morgan fingerprint density at radius 3 is 2.57 bits per heavy atom. The first-order valence-electron chi connectivity index (χ1n) is 8.78. The van der Waals surface area contributed by atoms with Gasteiger partial charge >= 0.3 is 0 Å². The van der Waals surface area contributed by atoms with Gasteiger partial charge in [0.05, 0.1) is 42.3 Å². The van der Waals surface area contributed by atoms with E-state index < -0.39 is 10.0 Å². The van der Waals surface area contributed by atoms with E-state index in [0.29, 0.717) is 42.5 Å². The first kappa shape index (κ1) is 20.3. The fraction of sp³-hybridized carbons (Fsp3) is 0.263. The SMILES string of the molecule is N#Cc1ccccc1NC(=O)C[NH+]1CCN(S(=O)(=O)c2cccc(Cl)c2)CC1. The molecule has 1 aliphatic heterocycles. The normalized spacial score (nSPS) is 15.7. The largest absolute Gasteiger partial charge is 0.325 e. The number of nitrogens with one attached hydrogen (secondary N) is 2. The van der Waals surface area contributed by atoms with E-state index in [4.69, 9.17) is 16.9 Å². The van der Waals surface area contributed by atoms with Crippen LogP contribution in [0, 0.1) is 11.3 Å². The lowest BCUT2D eigenvalue weighted by Gasteiger charge is -2.31. The van der Waals surface area contributed by atoms with E-state index in [0.717, 1.165) is 4.90 Å². The molecule has 0 saturated carbocycles. The first-order valence-corrected chi connectivity index (χ1v) is 10.6. The third-order valence-corrected chi connectivity index (χ3v) is 6.73. The van der Waals surface area contributed by atoms with Gasteiger partial charge in [0, 0.05) is 5.02 Å². The minimum atomic E-state index is -3.60. The molecule has 0 unspecified atom stereocenters. The summed E-state index contributed by atoms with van der Waals surface area (Å²) in [6.45, 7) is 1.91. The number of hydrogen-bond donors (Lipinski definition) is 2. The van der Waals surface area contributed by atoms with Crippen LogP contribution in [0.5, 0.6) is 0 Å². The predicted octanol–water partition coefficient (Wildman–Crippen LogP) is 0.740. The summed E-state index contributed by atoms with van der Waals surface area (Å²) in [6, 6.07) is 15.1. The second-order valence-corrected chi connectivity index (χ2v) is 8.87. The number of para-hydroxylation sites is 1. The van der Waals surface area contributed by atoms with Crippen LogP contribution in [0.4, 0.5) is 5.69 Å². The number of nitrogens with zero attached hydrogens (tertiary/aromatic N) is 2. The van der Waals surface area contributed by atoms with Gasteiger partial charge in [0.15, 0.2) is 6.54 Å². The molecular weight excluding hydrogens is 400 g/mol. The van der Waals surface area contributed by atoms with E-state index in [1.54, 1.807) is 36.4 Å². The Kier molecular flexibility index (Phi) is 6.31. The molecule has 2 aromatic rings. The smallest absolute Gasteiger partial charge is 0.279 e. The van der Waals surface area contributed by atoms with Gasteiger partial charge in [0.25, 0.3) is 5.91 Å². The standard InChI is InChI=1S/C19H19ClN4O3S/c20-16-5-3-6-17(12-16)28(26,27)24-10-8-23(9-11-24)14-19(25)22-18-7-2-1-4-15(18)13-21/h1-7,12H,8-11,14H2,(H,22,25)/p+1. The van der Waals surface area contributed by atoms with Crippen LogP contribution in [-0.4, -0.2) is 51.4 Å². The molecule has 0 radical (unpaired) electrons. The second kappa shape index (κ2) is 8.71. The van der Waals surface area contributed by atoms with E-state index in [2.05, 4.69) is 5.32 Å². The summed E-state index contributed by atoms with van der Waals surface area (Å²) in [5.41, 5.74) is 0.889. The van der Waals surface area contributed by atoms with Crippen molar-refractivity contribution in [3.8, 4) is 6.07 Å². The summed E-state index contributed by atoms with van der Waals surface area (Å²) in [5.74, 6) is -0.205. The van der Waals surface area contributed by atoms with Crippen molar-refractivity contribution < 1.29 is 18.1 Å². The zero-order chi connectivity index (χ0) is 20.1.